The third kappa shape index (κ3) is 7.66. The van der Waals surface area contributed by atoms with Crippen molar-refractivity contribution in [1.82, 2.24) is 4.90 Å². The summed E-state index contributed by atoms with van der Waals surface area (Å²) < 4.78 is 4.44. The van der Waals surface area contributed by atoms with Crippen molar-refractivity contribution in [3.05, 3.63) is 60.2 Å². The Labute approximate surface area is 159 Å². The highest BCUT2D eigenvalue weighted by atomic mass is 16.7. The van der Waals surface area contributed by atoms with Gasteiger partial charge >= 0.3 is 6.16 Å². The van der Waals surface area contributed by atoms with Crippen LogP contribution in [0.1, 0.15) is 31.2 Å². The van der Waals surface area contributed by atoms with Crippen molar-refractivity contribution >= 4 is 12.1 Å². The molecule has 1 unspecified atom stereocenters. The first kappa shape index (κ1) is 20.7. The fourth-order valence-electron chi connectivity index (χ4n) is 3.08. The molecule has 2 atom stereocenters. The number of rotatable bonds is 9. The molecule has 0 aromatic heterocycles. The third-order valence-corrected chi connectivity index (χ3v) is 4.43. The van der Waals surface area contributed by atoms with E-state index in [1.807, 2.05) is 48.6 Å². The summed E-state index contributed by atoms with van der Waals surface area (Å²) in [5.74, 6) is 0.0971. The van der Waals surface area contributed by atoms with Crippen LogP contribution in [-0.4, -0.2) is 52.5 Å². The molecule has 1 saturated heterocycles. The molecule has 2 rings (SSSR count). The molecular formula is C21H27NO5. The summed E-state index contributed by atoms with van der Waals surface area (Å²) in [6, 6.07) is 9.76. The minimum Gasteiger partial charge on any atom is -0.450 e. The molecule has 1 aliphatic heterocycles. The predicted molar refractivity (Wildman–Crippen MR) is 102 cm³/mol. The number of hydrogen-bond acceptors (Lipinski definition) is 4. The molecule has 1 aliphatic rings. The van der Waals surface area contributed by atoms with Gasteiger partial charge in [-0.25, -0.2) is 4.79 Å². The molecule has 0 aliphatic carbocycles. The minimum atomic E-state index is -1.28. The summed E-state index contributed by atoms with van der Waals surface area (Å²) in [6.07, 6.45) is 8.76. The van der Waals surface area contributed by atoms with Gasteiger partial charge in [0.1, 0.15) is 0 Å². The minimum absolute atomic E-state index is 0.0309. The molecule has 0 bridgehead atoms. The number of carboxylic acid groups (broad SMARTS) is 1. The molecule has 6 nitrogen and oxygen atoms in total. The van der Waals surface area contributed by atoms with Crippen LogP contribution in [0, 0.1) is 0 Å². The van der Waals surface area contributed by atoms with E-state index in [1.165, 1.54) is 0 Å². The molecule has 1 aromatic rings. The Hall–Kier alpha value is -2.60. The van der Waals surface area contributed by atoms with Crippen molar-refractivity contribution in [2.24, 2.45) is 0 Å². The fraction of sp³-hybridized carbons (Fsp3) is 0.429. The quantitative estimate of drug-likeness (QED) is 0.394. The maximum absolute atomic E-state index is 12.2. The fourth-order valence-corrected chi connectivity index (χ4v) is 3.08. The molecule has 6 heteroatoms. The molecule has 27 heavy (non-hydrogen) atoms. The van der Waals surface area contributed by atoms with Crippen LogP contribution in [0.4, 0.5) is 4.79 Å². The van der Waals surface area contributed by atoms with E-state index < -0.39 is 12.3 Å². The van der Waals surface area contributed by atoms with E-state index in [0.29, 0.717) is 25.8 Å². The number of benzene rings is 1. The number of aliphatic hydroxyl groups is 1. The highest BCUT2D eigenvalue weighted by Gasteiger charge is 2.25. The zero-order chi connectivity index (χ0) is 19.5. The number of piperidine rings is 1. The number of carbonyl (C=O) groups excluding carboxylic acids is 1. The van der Waals surface area contributed by atoms with Crippen molar-refractivity contribution < 1.29 is 24.5 Å². The number of ether oxygens (including phenoxy) is 1. The summed E-state index contributed by atoms with van der Waals surface area (Å²) in [5.41, 5.74) is 1.07. The van der Waals surface area contributed by atoms with E-state index in [2.05, 4.69) is 4.74 Å². The van der Waals surface area contributed by atoms with E-state index in [4.69, 9.17) is 5.11 Å². The lowest BCUT2D eigenvalue weighted by atomic mass is 9.99. The molecule has 1 amide bonds. The Morgan fingerprint density at radius 3 is 2.81 bits per heavy atom. The van der Waals surface area contributed by atoms with Crippen molar-refractivity contribution in [1.29, 1.82) is 0 Å². The van der Waals surface area contributed by atoms with Gasteiger partial charge in [-0.15, -0.1) is 0 Å². The number of amides is 1. The second-order valence-corrected chi connectivity index (χ2v) is 6.52. The molecule has 146 valence electrons. The Balaban J connectivity index is 1.85. The van der Waals surface area contributed by atoms with Crippen molar-refractivity contribution in [3.63, 3.8) is 0 Å². The molecular weight excluding hydrogens is 346 g/mol. The first-order valence-electron chi connectivity index (χ1n) is 9.27. The Morgan fingerprint density at radius 2 is 2.07 bits per heavy atom. The highest BCUT2D eigenvalue weighted by molar-refractivity contribution is 5.77. The maximum Gasteiger partial charge on any atom is 0.505 e. The average molecular weight is 373 g/mol. The van der Waals surface area contributed by atoms with Crippen LogP contribution in [0.2, 0.25) is 0 Å². The van der Waals surface area contributed by atoms with E-state index in [1.54, 1.807) is 11.0 Å². The van der Waals surface area contributed by atoms with Crippen LogP contribution in [0.25, 0.3) is 0 Å². The first-order chi connectivity index (χ1) is 13.1. The summed E-state index contributed by atoms with van der Waals surface area (Å²) in [4.78, 5) is 24.3. The van der Waals surface area contributed by atoms with E-state index in [9.17, 15) is 14.7 Å². The second kappa shape index (κ2) is 11.2. The Morgan fingerprint density at radius 1 is 1.30 bits per heavy atom. The van der Waals surface area contributed by atoms with Crippen molar-refractivity contribution in [2.45, 2.75) is 44.2 Å². The van der Waals surface area contributed by atoms with Crippen LogP contribution in [0.3, 0.4) is 0 Å². The molecule has 1 aromatic carbocycles. The van der Waals surface area contributed by atoms with Gasteiger partial charge in [0.25, 0.3) is 0 Å². The van der Waals surface area contributed by atoms with Gasteiger partial charge in [0.05, 0.1) is 18.8 Å². The Kier molecular flexibility index (Phi) is 8.58. The molecule has 1 fully saturated rings. The summed E-state index contributed by atoms with van der Waals surface area (Å²) in [7, 11) is 0. The van der Waals surface area contributed by atoms with Gasteiger partial charge in [-0.05, 0) is 24.8 Å². The Bertz CT molecular complexity index is 656. The largest absolute Gasteiger partial charge is 0.505 e. The monoisotopic (exact) mass is 373 g/mol. The van der Waals surface area contributed by atoms with Gasteiger partial charge in [0, 0.05) is 19.4 Å². The number of carbonyl (C=O) groups is 2. The first-order valence-corrected chi connectivity index (χ1v) is 9.27. The summed E-state index contributed by atoms with van der Waals surface area (Å²) in [6.45, 7) is 0.574. The van der Waals surface area contributed by atoms with Gasteiger partial charge < -0.3 is 19.8 Å². The lowest BCUT2D eigenvalue weighted by molar-refractivity contribution is -0.134. The standard InChI is InChI=1S/C21H27NO5/c23-19(16-17-8-3-1-4-9-17)13-12-18-10-7-11-20(24)22(18)14-5-2-6-15-27-21(25)26/h1-5,8-9,12-13,18-19,23H,6-7,10-11,14-16H2,(H,25,26)/b5-2-,13-12+/t18-,19?/m1/s1. The van der Waals surface area contributed by atoms with Crippen LogP contribution < -0.4 is 0 Å². The second-order valence-electron chi connectivity index (χ2n) is 6.52. The third-order valence-electron chi connectivity index (χ3n) is 4.43. The lowest BCUT2D eigenvalue weighted by Crippen LogP contribution is -2.42. The normalized spacial score (nSPS) is 18.9. The maximum atomic E-state index is 12.2. The lowest BCUT2D eigenvalue weighted by Gasteiger charge is -2.33. The van der Waals surface area contributed by atoms with E-state index in [-0.39, 0.29) is 18.6 Å². The molecule has 0 saturated carbocycles. The molecule has 0 spiro atoms. The van der Waals surface area contributed by atoms with Crippen molar-refractivity contribution in [3.8, 4) is 0 Å². The zero-order valence-corrected chi connectivity index (χ0v) is 15.4. The summed E-state index contributed by atoms with van der Waals surface area (Å²) >= 11 is 0. The van der Waals surface area contributed by atoms with Gasteiger partial charge in [0.15, 0.2) is 0 Å². The zero-order valence-electron chi connectivity index (χ0n) is 15.4. The number of hydrogen-bond donors (Lipinski definition) is 2. The van der Waals surface area contributed by atoms with Gasteiger partial charge in [-0.3, -0.25) is 4.79 Å². The van der Waals surface area contributed by atoms with Crippen LogP contribution >= 0.6 is 0 Å². The van der Waals surface area contributed by atoms with Gasteiger partial charge in [0.2, 0.25) is 5.91 Å². The molecule has 0 radical (unpaired) electrons. The highest BCUT2D eigenvalue weighted by Crippen LogP contribution is 2.19. The number of aliphatic hydroxyl groups excluding tert-OH is 1. The number of likely N-dealkylation sites (tertiary alicyclic amines) is 1. The van der Waals surface area contributed by atoms with Crippen LogP contribution in [-0.2, 0) is 16.0 Å². The SMILES string of the molecule is O=C(O)OCC/C=C\CN1C(=O)CCC[C@@H]1/C=C/C(O)Cc1ccccc1. The van der Waals surface area contributed by atoms with Crippen LogP contribution in [0.5, 0.6) is 0 Å². The molecule has 1 heterocycles. The molecule has 2 N–H and O–H groups in total. The smallest absolute Gasteiger partial charge is 0.450 e. The van der Waals surface area contributed by atoms with E-state index in [0.717, 1.165) is 18.4 Å². The van der Waals surface area contributed by atoms with Gasteiger partial charge in [-0.1, -0.05) is 54.6 Å². The van der Waals surface area contributed by atoms with Gasteiger partial charge in [-0.2, -0.15) is 0 Å². The topological polar surface area (TPSA) is 87.1 Å². The number of nitrogens with zero attached hydrogens (tertiary/aromatic N) is 1. The predicted octanol–water partition coefficient (Wildman–Crippen LogP) is 3.17. The van der Waals surface area contributed by atoms with Crippen LogP contribution in [0.15, 0.2) is 54.6 Å². The summed E-state index contributed by atoms with van der Waals surface area (Å²) in [5, 5.41) is 18.7. The average Bonchev–Trinajstić information content (AvgIpc) is 2.65. The van der Waals surface area contributed by atoms with E-state index >= 15 is 0 Å². The van der Waals surface area contributed by atoms with Crippen molar-refractivity contribution in [2.75, 3.05) is 13.2 Å².